The third-order valence-corrected chi connectivity index (χ3v) is 4.55. The number of anilines is 2. The summed E-state index contributed by atoms with van der Waals surface area (Å²) in [5, 5.41) is 4.29. The molecule has 0 bridgehead atoms. The van der Waals surface area contributed by atoms with E-state index in [1.165, 1.54) is 6.07 Å². The number of aromatic nitrogens is 3. The minimum absolute atomic E-state index is 0.233. The van der Waals surface area contributed by atoms with Crippen LogP contribution in [-0.2, 0) is 6.18 Å². The summed E-state index contributed by atoms with van der Waals surface area (Å²) in [6.07, 6.45) is -2.67. The van der Waals surface area contributed by atoms with Crippen molar-refractivity contribution in [3.63, 3.8) is 0 Å². The molecule has 0 saturated carbocycles. The van der Waals surface area contributed by atoms with Gasteiger partial charge < -0.3 is 15.7 Å². The second-order valence-electron chi connectivity index (χ2n) is 7.85. The van der Waals surface area contributed by atoms with E-state index in [0.29, 0.717) is 22.2 Å². The van der Waals surface area contributed by atoms with Gasteiger partial charge in [-0.2, -0.15) is 13.2 Å². The third kappa shape index (κ3) is 3.91. The molecule has 0 saturated heterocycles. The van der Waals surface area contributed by atoms with Gasteiger partial charge in [-0.05, 0) is 41.6 Å². The number of hydrogen-bond donors (Lipinski definition) is 3. The normalized spacial score (nSPS) is 12.6. The molecule has 0 amide bonds. The van der Waals surface area contributed by atoms with Crippen molar-refractivity contribution in [3.05, 3.63) is 53.2 Å². The van der Waals surface area contributed by atoms with Crippen LogP contribution in [0.2, 0.25) is 5.02 Å². The summed E-state index contributed by atoms with van der Waals surface area (Å²) in [6, 6.07) is 8.96. The van der Waals surface area contributed by atoms with E-state index in [9.17, 15) is 13.2 Å². The van der Waals surface area contributed by atoms with E-state index in [1.54, 1.807) is 16.9 Å². The molecule has 0 fully saturated rings. The summed E-state index contributed by atoms with van der Waals surface area (Å²) >= 11 is 6.11. The molecule has 2 aromatic carbocycles. The largest absolute Gasteiger partial charge is 0.416 e. The number of H-pyrrole nitrogens is 1. The van der Waals surface area contributed by atoms with Gasteiger partial charge in [-0.3, -0.25) is 0 Å². The average Bonchev–Trinajstić information content (AvgIpc) is 3.14. The van der Waals surface area contributed by atoms with E-state index < -0.39 is 11.7 Å². The third-order valence-electron chi connectivity index (χ3n) is 4.32. The fourth-order valence-corrected chi connectivity index (χ4v) is 3.28. The Bertz CT molecular complexity index is 1210. The van der Waals surface area contributed by atoms with Crippen LogP contribution in [0.25, 0.3) is 21.9 Å². The number of aromatic amines is 1. The van der Waals surface area contributed by atoms with Gasteiger partial charge >= 0.3 is 6.18 Å². The molecule has 0 unspecified atom stereocenters. The molecule has 3 N–H and O–H groups in total. The summed E-state index contributed by atoms with van der Waals surface area (Å²) in [5.41, 5.74) is 4.90. The number of alkyl halides is 3. The number of hydrogen-bond acceptors (Lipinski definition) is 3. The zero-order chi connectivity index (χ0) is 21.0. The lowest BCUT2D eigenvalue weighted by Gasteiger charge is -2.25. The fraction of sp³-hybridized carbons (Fsp3) is 0.118. The van der Waals surface area contributed by atoms with Crippen molar-refractivity contribution < 1.29 is 13.2 Å². The van der Waals surface area contributed by atoms with Gasteiger partial charge in [-0.25, -0.2) is 9.66 Å². The number of nitrogens with zero attached hydrogens (tertiary/aromatic N) is 2. The zero-order valence-corrected chi connectivity index (χ0v) is 16.7. The molecule has 0 spiro atoms. The van der Waals surface area contributed by atoms with Gasteiger partial charge in [0, 0.05) is 22.1 Å². The first-order valence-electron chi connectivity index (χ1n) is 8.93. The second-order valence-corrected chi connectivity index (χ2v) is 8.29. The molecule has 4 aromatic rings. The lowest BCUT2D eigenvalue weighted by Crippen LogP contribution is -2.45. The number of imidazole rings is 1. The summed E-state index contributed by atoms with van der Waals surface area (Å²) in [6.45, 7) is 0. The molecular formula is C17H16B3ClF3N5. The van der Waals surface area contributed by atoms with Crippen molar-refractivity contribution in [1.29, 1.82) is 0 Å². The molecule has 0 aliphatic heterocycles. The molecule has 5 nitrogen and oxygen atoms in total. The van der Waals surface area contributed by atoms with Crippen LogP contribution in [0.5, 0.6) is 0 Å². The topological polar surface area (TPSA) is 57.7 Å². The highest BCUT2D eigenvalue weighted by atomic mass is 35.5. The van der Waals surface area contributed by atoms with Gasteiger partial charge in [0.2, 0.25) is 5.95 Å². The predicted molar refractivity (Wildman–Crippen MR) is 119 cm³/mol. The van der Waals surface area contributed by atoms with Crippen LogP contribution in [-0.4, -0.2) is 43.4 Å². The molecule has 146 valence electrons. The molecule has 29 heavy (non-hydrogen) atoms. The Labute approximate surface area is 172 Å². The molecule has 0 aliphatic rings. The van der Waals surface area contributed by atoms with Crippen molar-refractivity contribution in [2.45, 2.75) is 11.4 Å². The Kier molecular flexibility index (Phi) is 4.53. The van der Waals surface area contributed by atoms with E-state index in [0.717, 1.165) is 23.0 Å². The maximum absolute atomic E-state index is 13.1. The van der Waals surface area contributed by atoms with Crippen molar-refractivity contribution in [2.24, 2.45) is 0 Å². The first kappa shape index (κ1) is 19.6. The Balaban J connectivity index is 1.85. The van der Waals surface area contributed by atoms with Crippen LogP contribution in [0.1, 0.15) is 5.56 Å². The predicted octanol–water partition coefficient (Wildman–Crippen LogP) is 1.99. The average molecular weight is 415 g/mol. The van der Waals surface area contributed by atoms with Crippen molar-refractivity contribution >= 4 is 68.7 Å². The van der Waals surface area contributed by atoms with Crippen molar-refractivity contribution in [2.75, 3.05) is 10.7 Å². The summed E-state index contributed by atoms with van der Waals surface area (Å²) in [5.74, 6) is 0.370. The minimum atomic E-state index is -4.43. The Hall–Kier alpha value is -2.68. The van der Waals surface area contributed by atoms with Gasteiger partial charge in [-0.1, -0.05) is 11.6 Å². The Morgan fingerprint density at radius 3 is 2.52 bits per heavy atom. The van der Waals surface area contributed by atoms with Crippen LogP contribution < -0.4 is 10.7 Å². The zero-order valence-electron chi connectivity index (χ0n) is 15.9. The maximum atomic E-state index is 13.1. The van der Waals surface area contributed by atoms with Crippen molar-refractivity contribution in [3.8, 4) is 0 Å². The molecule has 12 heteroatoms. The summed E-state index contributed by atoms with van der Waals surface area (Å²) in [7, 11) is 5.87. The van der Waals surface area contributed by atoms with Crippen LogP contribution in [0.3, 0.4) is 0 Å². The van der Waals surface area contributed by atoms with E-state index >= 15 is 0 Å². The van der Waals surface area contributed by atoms with E-state index in [4.69, 9.17) is 11.6 Å². The van der Waals surface area contributed by atoms with Crippen LogP contribution in [0, 0.1) is 0 Å². The number of nitrogens with one attached hydrogen (secondary N) is 3. The first-order valence-corrected chi connectivity index (χ1v) is 9.31. The van der Waals surface area contributed by atoms with Gasteiger partial charge in [0.15, 0.2) is 0 Å². The van der Waals surface area contributed by atoms with E-state index in [-0.39, 0.29) is 10.8 Å². The fourth-order valence-electron chi connectivity index (χ4n) is 3.11. The van der Waals surface area contributed by atoms with Crippen molar-refractivity contribution in [1.82, 2.24) is 14.6 Å². The molecule has 0 atom stereocenters. The van der Waals surface area contributed by atoms with Gasteiger partial charge in [0.25, 0.3) is 0 Å². The van der Waals surface area contributed by atoms with Crippen LogP contribution in [0.4, 0.5) is 24.8 Å². The highest BCUT2D eigenvalue weighted by Crippen LogP contribution is 2.33. The standard InChI is InChI=1S/C17H16B3ClF3N5/c18-17(19,20)28-29-14-4-1-8(16(22,23)24)5-12(14)26-15(29)27-13-7-25-11-3-2-9(21)6-10(11)13/h1-7,25,28H,18-20H2,(H,26,27). The molecular weight excluding hydrogens is 399 g/mol. The SMILES string of the molecule is BC(B)(B)Nn1c(Nc2c[nH]c3ccc(Cl)cc23)nc2cc(C(F)(F)F)ccc21. The summed E-state index contributed by atoms with van der Waals surface area (Å²) < 4.78 is 41.1. The highest BCUT2D eigenvalue weighted by Gasteiger charge is 2.31. The lowest BCUT2D eigenvalue weighted by atomic mass is 9.50. The van der Waals surface area contributed by atoms with Gasteiger partial charge in [0.05, 0.1) is 22.3 Å². The quantitative estimate of drug-likeness (QED) is 0.447. The maximum Gasteiger partial charge on any atom is 0.416 e. The second kappa shape index (κ2) is 6.69. The summed E-state index contributed by atoms with van der Waals surface area (Å²) in [4.78, 5) is 7.56. The molecule has 0 radical (unpaired) electrons. The number of benzene rings is 2. The monoisotopic (exact) mass is 415 g/mol. The minimum Gasteiger partial charge on any atom is -0.359 e. The Morgan fingerprint density at radius 1 is 1.07 bits per heavy atom. The molecule has 2 aromatic heterocycles. The van der Waals surface area contributed by atoms with Crippen LogP contribution >= 0.6 is 11.6 Å². The molecule has 4 rings (SSSR count). The van der Waals surface area contributed by atoms with Crippen LogP contribution in [0.15, 0.2) is 42.6 Å². The smallest absolute Gasteiger partial charge is 0.359 e. The van der Waals surface area contributed by atoms with Gasteiger partial charge in [0.1, 0.15) is 23.5 Å². The first-order chi connectivity index (χ1) is 13.5. The molecule has 2 heterocycles. The number of rotatable bonds is 4. The highest BCUT2D eigenvalue weighted by molar-refractivity contribution is 6.60. The van der Waals surface area contributed by atoms with E-state index in [1.807, 2.05) is 35.7 Å². The Morgan fingerprint density at radius 2 is 1.83 bits per heavy atom. The number of fused-ring (bicyclic) bond motifs is 2. The van der Waals surface area contributed by atoms with E-state index in [2.05, 4.69) is 20.7 Å². The van der Waals surface area contributed by atoms with Gasteiger partial charge in [-0.15, -0.1) is 0 Å². The molecule has 0 aliphatic carbocycles. The number of halogens is 4. The lowest BCUT2D eigenvalue weighted by molar-refractivity contribution is -0.137.